The van der Waals surface area contributed by atoms with Crippen molar-refractivity contribution in [3.63, 3.8) is 0 Å². The average Bonchev–Trinajstić information content (AvgIpc) is 3.33. The molecule has 0 saturated carbocycles. The minimum atomic E-state index is -0.406. The molecule has 8 nitrogen and oxygen atoms in total. The summed E-state index contributed by atoms with van der Waals surface area (Å²) in [6.45, 7) is 4.47. The Morgan fingerprint density at radius 1 is 1.05 bits per heavy atom. The highest BCUT2D eigenvalue weighted by Crippen LogP contribution is 2.30. The van der Waals surface area contributed by atoms with Crippen LogP contribution >= 0.6 is 11.6 Å². The summed E-state index contributed by atoms with van der Waals surface area (Å²) in [5, 5.41) is 30.1. The summed E-state index contributed by atoms with van der Waals surface area (Å²) >= 11 is 6.01. The Morgan fingerprint density at radius 3 is 2.44 bits per heavy atom. The lowest BCUT2D eigenvalue weighted by Crippen LogP contribution is -2.30. The van der Waals surface area contributed by atoms with E-state index in [9.17, 15) is 20.1 Å². The number of nitrogens with zero attached hydrogens (tertiary/aromatic N) is 4. The second kappa shape index (κ2) is 11.4. The second-order valence-corrected chi connectivity index (χ2v) is 10.1. The van der Waals surface area contributed by atoms with Crippen LogP contribution in [0.15, 0.2) is 72.9 Å². The average molecular weight is 545 g/mol. The lowest BCUT2D eigenvalue weighted by Gasteiger charge is -2.24. The van der Waals surface area contributed by atoms with E-state index in [1.54, 1.807) is 11.1 Å². The van der Waals surface area contributed by atoms with E-state index in [0.29, 0.717) is 17.9 Å². The Morgan fingerprint density at radius 2 is 1.77 bits per heavy atom. The maximum atomic E-state index is 13.7. The molecule has 39 heavy (non-hydrogen) atoms. The number of rotatable bonds is 7. The topological polar surface area (TPSA) is 110 Å². The van der Waals surface area contributed by atoms with Gasteiger partial charge < -0.3 is 20.2 Å². The van der Waals surface area contributed by atoms with Gasteiger partial charge in [0.2, 0.25) is 5.28 Å². The highest BCUT2D eigenvalue weighted by Gasteiger charge is 2.23. The molecule has 1 aliphatic rings. The smallest absolute Gasteiger partial charge is 0.262 e. The van der Waals surface area contributed by atoms with Gasteiger partial charge in [0.05, 0.1) is 23.9 Å². The van der Waals surface area contributed by atoms with Crippen molar-refractivity contribution < 1.29 is 20.1 Å². The van der Waals surface area contributed by atoms with E-state index >= 15 is 0 Å². The number of hydrogen-bond donors (Lipinski definition) is 3. The lowest BCUT2D eigenvalue weighted by atomic mass is 10.1. The summed E-state index contributed by atoms with van der Waals surface area (Å²) in [6.07, 6.45) is 2.20. The van der Waals surface area contributed by atoms with Crippen molar-refractivity contribution in [2.24, 2.45) is 0 Å². The largest absolute Gasteiger partial charge is 0.508 e. The highest BCUT2D eigenvalue weighted by atomic mass is 35.5. The van der Waals surface area contributed by atoms with Crippen LogP contribution < -0.4 is 4.90 Å². The normalized spacial score (nSPS) is 15.4. The van der Waals surface area contributed by atoms with Crippen molar-refractivity contribution in [3.8, 4) is 22.8 Å². The number of carbonyl (C=O) groups is 1. The van der Waals surface area contributed by atoms with Gasteiger partial charge in [-0.15, -0.1) is 0 Å². The van der Waals surface area contributed by atoms with Gasteiger partial charge in [0.25, 0.3) is 5.91 Å². The molecular weight excluding hydrogens is 516 g/mol. The van der Waals surface area contributed by atoms with Crippen molar-refractivity contribution in [3.05, 3.63) is 100 Å². The molecule has 5 rings (SSSR count). The number of aromatic nitrogens is 2. The molecule has 1 aliphatic heterocycles. The third kappa shape index (κ3) is 6.20. The van der Waals surface area contributed by atoms with Gasteiger partial charge in [-0.3, -0.25) is 9.69 Å². The molecule has 1 atom stereocenters. The van der Waals surface area contributed by atoms with Gasteiger partial charge in [0.15, 0.2) is 0 Å². The van der Waals surface area contributed by atoms with E-state index in [4.69, 9.17) is 11.6 Å². The molecule has 0 radical (unpaired) electrons. The summed E-state index contributed by atoms with van der Waals surface area (Å²) in [5.41, 5.74) is 5.16. The number of aromatic hydroxyl groups is 2. The van der Waals surface area contributed by atoms with Crippen molar-refractivity contribution in [2.75, 3.05) is 18.0 Å². The Labute approximate surface area is 231 Å². The molecule has 3 aromatic carbocycles. The molecule has 0 spiro atoms. The van der Waals surface area contributed by atoms with Crippen molar-refractivity contribution >= 4 is 23.2 Å². The van der Waals surface area contributed by atoms with E-state index in [1.165, 1.54) is 12.1 Å². The first-order valence-electron chi connectivity index (χ1n) is 12.7. The van der Waals surface area contributed by atoms with Crippen LogP contribution in [-0.4, -0.2) is 55.3 Å². The van der Waals surface area contributed by atoms with Gasteiger partial charge in [-0.2, -0.15) is 0 Å². The van der Waals surface area contributed by atoms with Crippen LogP contribution in [0, 0.1) is 6.92 Å². The fraction of sp³-hybridized carbons (Fsp3) is 0.233. The molecule has 4 aromatic rings. The summed E-state index contributed by atoms with van der Waals surface area (Å²) in [4.78, 5) is 25.8. The first-order chi connectivity index (χ1) is 18.8. The van der Waals surface area contributed by atoms with Gasteiger partial charge in [-0.1, -0.05) is 36.4 Å². The van der Waals surface area contributed by atoms with E-state index in [2.05, 4.69) is 14.9 Å². The Kier molecular flexibility index (Phi) is 7.79. The van der Waals surface area contributed by atoms with Crippen LogP contribution in [0.5, 0.6) is 11.5 Å². The zero-order chi connectivity index (χ0) is 27.5. The first kappa shape index (κ1) is 26.6. The van der Waals surface area contributed by atoms with Crippen LogP contribution in [0.2, 0.25) is 5.28 Å². The standard InChI is InChI=1S/C30H29ClN4O4/c1-19-15-32-30(31)33-28(19)22-6-8-23(9-7-22)35(29(39)26-11-10-24(36)14-27(26)38)17-21-4-2-20(3-5-21)16-34-13-12-25(37)18-34/h2-11,14-15,25,36-38H,12-13,16-18H2,1H3/t25-/m0/s1. The zero-order valence-electron chi connectivity index (χ0n) is 21.5. The molecule has 1 saturated heterocycles. The maximum absolute atomic E-state index is 13.7. The number of aliphatic hydroxyl groups is 1. The molecule has 2 heterocycles. The molecule has 1 amide bonds. The molecule has 200 valence electrons. The molecule has 0 bridgehead atoms. The summed E-state index contributed by atoms with van der Waals surface area (Å²) in [6, 6.07) is 19.4. The first-order valence-corrected chi connectivity index (χ1v) is 13.1. The number of likely N-dealkylation sites (tertiary alicyclic amines) is 1. The van der Waals surface area contributed by atoms with Crippen molar-refractivity contribution in [1.82, 2.24) is 14.9 Å². The van der Waals surface area contributed by atoms with Crippen molar-refractivity contribution in [1.29, 1.82) is 0 Å². The summed E-state index contributed by atoms with van der Waals surface area (Å²) in [7, 11) is 0. The van der Waals surface area contributed by atoms with Crippen LogP contribution in [-0.2, 0) is 13.1 Å². The number of halogens is 1. The molecule has 0 aliphatic carbocycles. The van der Waals surface area contributed by atoms with Gasteiger partial charge in [0.1, 0.15) is 11.5 Å². The van der Waals surface area contributed by atoms with E-state index in [0.717, 1.165) is 47.8 Å². The van der Waals surface area contributed by atoms with Gasteiger partial charge in [-0.25, -0.2) is 9.97 Å². The number of benzene rings is 3. The fourth-order valence-electron chi connectivity index (χ4n) is 4.79. The summed E-state index contributed by atoms with van der Waals surface area (Å²) in [5.74, 6) is -0.826. The number of anilines is 1. The number of phenolic OH excluding ortho intramolecular Hbond substituents is 2. The quantitative estimate of drug-likeness (QED) is 0.283. The predicted octanol–water partition coefficient (Wildman–Crippen LogP) is 4.93. The number of amides is 1. The zero-order valence-corrected chi connectivity index (χ0v) is 22.2. The van der Waals surface area contributed by atoms with Crippen LogP contribution in [0.4, 0.5) is 5.69 Å². The lowest BCUT2D eigenvalue weighted by molar-refractivity contribution is 0.0982. The van der Waals surface area contributed by atoms with E-state index < -0.39 is 5.91 Å². The maximum Gasteiger partial charge on any atom is 0.262 e. The molecule has 3 N–H and O–H groups in total. The minimum Gasteiger partial charge on any atom is -0.508 e. The second-order valence-electron chi connectivity index (χ2n) is 9.80. The molecular formula is C30H29ClN4O4. The molecule has 0 unspecified atom stereocenters. The van der Waals surface area contributed by atoms with E-state index in [1.807, 2.05) is 55.5 Å². The number of aliphatic hydroxyl groups excluding tert-OH is 1. The third-order valence-electron chi connectivity index (χ3n) is 6.87. The number of hydrogen-bond acceptors (Lipinski definition) is 7. The van der Waals surface area contributed by atoms with Crippen LogP contribution in [0.25, 0.3) is 11.3 Å². The SMILES string of the molecule is Cc1cnc(Cl)nc1-c1ccc(N(Cc2ccc(CN3CC[C@H](O)C3)cc2)C(=O)c2ccc(O)cc2O)cc1. The van der Waals surface area contributed by atoms with Gasteiger partial charge >= 0.3 is 0 Å². The number of aryl methyl sites for hydroxylation is 1. The molecule has 1 aromatic heterocycles. The molecule has 1 fully saturated rings. The minimum absolute atomic E-state index is 0.0829. The third-order valence-corrected chi connectivity index (χ3v) is 7.05. The fourth-order valence-corrected chi connectivity index (χ4v) is 4.92. The van der Waals surface area contributed by atoms with E-state index in [-0.39, 0.29) is 35.0 Å². The van der Waals surface area contributed by atoms with Gasteiger partial charge in [0, 0.05) is 43.1 Å². The van der Waals surface area contributed by atoms with Crippen LogP contribution in [0.1, 0.15) is 33.5 Å². The monoisotopic (exact) mass is 544 g/mol. The Balaban J connectivity index is 1.43. The highest BCUT2D eigenvalue weighted by molar-refractivity contribution is 6.28. The van der Waals surface area contributed by atoms with Gasteiger partial charge in [-0.05, 0) is 65.9 Å². The number of carbonyl (C=O) groups excluding carboxylic acids is 1. The Bertz CT molecular complexity index is 1480. The molecule has 9 heteroatoms. The van der Waals surface area contributed by atoms with Crippen molar-refractivity contribution in [2.45, 2.75) is 32.5 Å². The Hall–Kier alpha value is -3.98. The van der Waals surface area contributed by atoms with Crippen LogP contribution in [0.3, 0.4) is 0 Å². The summed E-state index contributed by atoms with van der Waals surface area (Å²) < 4.78 is 0. The number of phenols is 2. The number of β-amino-alcohol motifs (C(OH)–C–C–N with tert-alkyl or cyclic N) is 1. The predicted molar refractivity (Wildman–Crippen MR) is 150 cm³/mol.